The molecule has 0 aliphatic carbocycles. The van der Waals surface area contributed by atoms with E-state index in [1.165, 1.54) is 17.0 Å². The third-order valence-corrected chi connectivity index (χ3v) is 6.34. The molecule has 0 saturated carbocycles. The lowest BCUT2D eigenvalue weighted by molar-refractivity contribution is -0.124. The summed E-state index contributed by atoms with van der Waals surface area (Å²) in [5, 5.41) is 17.3. The number of fused-ring (bicyclic) bond motifs is 2. The summed E-state index contributed by atoms with van der Waals surface area (Å²) in [6, 6.07) is 12.4. The van der Waals surface area contributed by atoms with Crippen molar-refractivity contribution in [3.05, 3.63) is 94.9 Å². The lowest BCUT2D eigenvalue weighted by Crippen LogP contribution is -2.36. The maximum absolute atomic E-state index is 13.3. The highest BCUT2D eigenvalue weighted by molar-refractivity contribution is 5.82. The Hall–Kier alpha value is -4.77. The molecule has 0 saturated heterocycles. The molecule has 5 heterocycles. The van der Waals surface area contributed by atoms with Gasteiger partial charge in [-0.05, 0) is 24.3 Å². The van der Waals surface area contributed by atoms with Crippen LogP contribution in [0.2, 0.25) is 0 Å². The Labute approximate surface area is 210 Å². The second-order valence-electron chi connectivity index (χ2n) is 8.81. The quantitative estimate of drug-likeness (QED) is 0.268. The van der Waals surface area contributed by atoms with Crippen LogP contribution in [0.25, 0.3) is 22.4 Å². The number of hydrogen-bond acceptors (Lipinski definition) is 8. The third kappa shape index (κ3) is 4.36. The van der Waals surface area contributed by atoms with E-state index in [4.69, 9.17) is 4.42 Å². The first kappa shape index (κ1) is 22.7. The molecule has 2 atom stereocenters. The summed E-state index contributed by atoms with van der Waals surface area (Å²) in [7, 11) is 0. The molecule has 1 amide bonds. The minimum absolute atomic E-state index is 0.0673. The van der Waals surface area contributed by atoms with Gasteiger partial charge < -0.3 is 25.1 Å². The van der Waals surface area contributed by atoms with Crippen LogP contribution in [0.4, 0.5) is 5.69 Å². The first-order chi connectivity index (χ1) is 18.1. The van der Waals surface area contributed by atoms with Gasteiger partial charge in [0, 0.05) is 41.0 Å². The third-order valence-electron chi connectivity index (χ3n) is 6.34. The van der Waals surface area contributed by atoms with E-state index in [0.717, 1.165) is 22.2 Å². The zero-order valence-electron chi connectivity index (χ0n) is 19.6. The van der Waals surface area contributed by atoms with Crippen LogP contribution < -0.4 is 16.2 Å². The van der Waals surface area contributed by atoms with Gasteiger partial charge in [0.1, 0.15) is 29.9 Å². The Kier molecular flexibility index (Phi) is 5.73. The normalized spacial score (nSPS) is 16.6. The predicted octanol–water partition coefficient (Wildman–Crippen LogP) is 2.68. The van der Waals surface area contributed by atoms with Crippen LogP contribution in [0.15, 0.2) is 76.5 Å². The second kappa shape index (κ2) is 9.36. The SMILES string of the molecule is O=C(NCc1cc2cnccc2[nH]1)[C@@H]1CC(O)c2ncc(NCc3coc(-c4ccccc4)n3)c(=O)n21. The highest BCUT2D eigenvalue weighted by Crippen LogP contribution is 2.32. The van der Waals surface area contributed by atoms with Crippen molar-refractivity contribution in [1.29, 1.82) is 0 Å². The van der Waals surface area contributed by atoms with E-state index in [1.807, 2.05) is 42.5 Å². The summed E-state index contributed by atoms with van der Waals surface area (Å²) in [6.07, 6.45) is 5.37. The number of nitrogens with zero attached hydrogens (tertiary/aromatic N) is 4. The number of nitrogens with one attached hydrogen (secondary N) is 3. The van der Waals surface area contributed by atoms with Crippen molar-refractivity contribution in [2.75, 3.05) is 5.32 Å². The Morgan fingerprint density at radius 1 is 1.19 bits per heavy atom. The summed E-state index contributed by atoms with van der Waals surface area (Å²) in [4.78, 5) is 42.3. The maximum Gasteiger partial charge on any atom is 0.277 e. The fourth-order valence-corrected chi connectivity index (χ4v) is 4.51. The van der Waals surface area contributed by atoms with Crippen molar-refractivity contribution >= 4 is 22.5 Å². The highest BCUT2D eigenvalue weighted by Gasteiger charge is 2.37. The molecular weight excluding hydrogens is 474 g/mol. The standard InChI is InChI=1S/C26H23N7O4/c34-22-9-21(24(35)30-11-17-8-16-10-27-7-6-19(16)31-17)33-23(22)29-13-20(26(33)36)28-12-18-14-37-25(32-18)15-4-2-1-3-5-15/h1-8,10,13-14,21-22,28,31,34H,9,11-12H2,(H,30,35)/t21-,22?/m0/s1. The van der Waals surface area contributed by atoms with Gasteiger partial charge in [0.15, 0.2) is 0 Å². The molecule has 4 N–H and O–H groups in total. The Morgan fingerprint density at radius 2 is 2.05 bits per heavy atom. The Bertz CT molecular complexity index is 1610. The first-order valence-electron chi connectivity index (χ1n) is 11.8. The van der Waals surface area contributed by atoms with Crippen LogP contribution in [-0.2, 0) is 17.9 Å². The Morgan fingerprint density at radius 3 is 2.89 bits per heavy atom. The average molecular weight is 498 g/mol. The van der Waals surface area contributed by atoms with E-state index in [-0.39, 0.29) is 36.9 Å². The van der Waals surface area contributed by atoms with Gasteiger partial charge in [0.05, 0.1) is 25.0 Å². The number of aliphatic hydroxyl groups is 1. The molecule has 11 nitrogen and oxygen atoms in total. The molecule has 4 aromatic heterocycles. The molecule has 1 unspecified atom stereocenters. The number of benzene rings is 1. The molecule has 186 valence electrons. The van der Waals surface area contributed by atoms with E-state index in [9.17, 15) is 14.7 Å². The van der Waals surface area contributed by atoms with Crippen molar-refractivity contribution in [2.45, 2.75) is 31.7 Å². The largest absolute Gasteiger partial charge is 0.444 e. The van der Waals surface area contributed by atoms with Crippen LogP contribution in [0.1, 0.15) is 35.8 Å². The van der Waals surface area contributed by atoms with E-state index in [1.54, 1.807) is 12.4 Å². The molecule has 37 heavy (non-hydrogen) atoms. The van der Waals surface area contributed by atoms with Gasteiger partial charge >= 0.3 is 0 Å². The Balaban J connectivity index is 1.17. The molecule has 1 aliphatic rings. The zero-order chi connectivity index (χ0) is 25.4. The number of anilines is 1. The average Bonchev–Trinajstić information content (AvgIpc) is 3.65. The number of carbonyl (C=O) groups excluding carboxylic acids is 1. The highest BCUT2D eigenvalue weighted by atomic mass is 16.3. The van der Waals surface area contributed by atoms with Gasteiger partial charge in [0.25, 0.3) is 5.56 Å². The number of hydrogen-bond donors (Lipinski definition) is 4. The fourth-order valence-electron chi connectivity index (χ4n) is 4.51. The van der Waals surface area contributed by atoms with Crippen LogP contribution in [0.3, 0.4) is 0 Å². The maximum atomic E-state index is 13.3. The number of amides is 1. The van der Waals surface area contributed by atoms with Crippen molar-refractivity contribution in [3.8, 4) is 11.5 Å². The number of H-pyrrole nitrogens is 1. The molecule has 0 spiro atoms. The van der Waals surface area contributed by atoms with E-state index in [2.05, 4.69) is 30.6 Å². The zero-order valence-corrected chi connectivity index (χ0v) is 19.6. The summed E-state index contributed by atoms with van der Waals surface area (Å²) < 4.78 is 6.81. The molecule has 1 aliphatic heterocycles. The monoisotopic (exact) mass is 497 g/mol. The van der Waals surface area contributed by atoms with Crippen LogP contribution in [0.5, 0.6) is 0 Å². The first-order valence-corrected chi connectivity index (χ1v) is 11.8. The summed E-state index contributed by atoms with van der Waals surface area (Å²) in [5.41, 5.74) is 2.93. The van der Waals surface area contributed by atoms with E-state index >= 15 is 0 Å². The molecule has 11 heteroatoms. The number of carbonyl (C=O) groups is 1. The molecule has 6 rings (SSSR count). The molecular formula is C26H23N7O4. The van der Waals surface area contributed by atoms with Gasteiger partial charge in [-0.1, -0.05) is 18.2 Å². The lowest BCUT2D eigenvalue weighted by atomic mass is 10.1. The molecule has 1 aromatic carbocycles. The fraction of sp³-hybridized carbons (Fsp3) is 0.192. The van der Waals surface area contributed by atoms with Crippen molar-refractivity contribution in [3.63, 3.8) is 0 Å². The van der Waals surface area contributed by atoms with Gasteiger partial charge in [-0.2, -0.15) is 0 Å². The van der Waals surface area contributed by atoms with Gasteiger partial charge in [-0.25, -0.2) is 9.97 Å². The van der Waals surface area contributed by atoms with E-state index < -0.39 is 17.7 Å². The molecule has 5 aromatic rings. The minimum Gasteiger partial charge on any atom is -0.444 e. The number of aromatic amines is 1. The summed E-state index contributed by atoms with van der Waals surface area (Å²) >= 11 is 0. The van der Waals surface area contributed by atoms with E-state index in [0.29, 0.717) is 11.6 Å². The summed E-state index contributed by atoms with van der Waals surface area (Å²) in [6.45, 7) is 0.465. The molecule has 0 bridgehead atoms. The molecule has 0 radical (unpaired) electrons. The minimum atomic E-state index is -1.01. The summed E-state index contributed by atoms with van der Waals surface area (Å²) in [5.74, 6) is 0.270. The van der Waals surface area contributed by atoms with Crippen molar-refractivity contribution in [1.82, 2.24) is 29.8 Å². The molecule has 0 fully saturated rings. The lowest BCUT2D eigenvalue weighted by Gasteiger charge is -2.15. The number of aliphatic hydroxyl groups excluding tert-OH is 1. The topological polar surface area (TPSA) is 151 Å². The predicted molar refractivity (Wildman–Crippen MR) is 134 cm³/mol. The van der Waals surface area contributed by atoms with Crippen LogP contribution in [0, 0.1) is 0 Å². The second-order valence-corrected chi connectivity index (χ2v) is 8.81. The van der Waals surface area contributed by atoms with Crippen LogP contribution >= 0.6 is 0 Å². The number of oxazole rings is 1. The van der Waals surface area contributed by atoms with Crippen LogP contribution in [-0.4, -0.2) is 35.5 Å². The number of rotatable bonds is 7. The number of pyridine rings is 1. The van der Waals surface area contributed by atoms with Crippen molar-refractivity contribution in [2.24, 2.45) is 0 Å². The number of aromatic nitrogens is 5. The van der Waals surface area contributed by atoms with Gasteiger partial charge in [0.2, 0.25) is 11.8 Å². The van der Waals surface area contributed by atoms with Gasteiger partial charge in [-0.15, -0.1) is 0 Å². The smallest absolute Gasteiger partial charge is 0.277 e. The van der Waals surface area contributed by atoms with Crippen molar-refractivity contribution < 1.29 is 14.3 Å². The van der Waals surface area contributed by atoms with Gasteiger partial charge in [-0.3, -0.25) is 19.1 Å².